The van der Waals surface area contributed by atoms with Gasteiger partial charge in [0.1, 0.15) is 10.1 Å². The summed E-state index contributed by atoms with van der Waals surface area (Å²) in [6.45, 7) is 0.840. The highest BCUT2D eigenvalue weighted by atomic mass is 35.5. The maximum absolute atomic E-state index is 12.1. The van der Waals surface area contributed by atoms with Crippen molar-refractivity contribution in [2.45, 2.75) is 18.1 Å². The van der Waals surface area contributed by atoms with Crippen LogP contribution in [0.15, 0.2) is 6.07 Å². The zero-order valence-electron chi connectivity index (χ0n) is 9.90. The molecule has 0 radical (unpaired) electrons. The molecule has 1 saturated heterocycles. The van der Waals surface area contributed by atoms with Gasteiger partial charge in [-0.2, -0.15) is 0 Å². The third-order valence-electron chi connectivity index (χ3n) is 2.97. The van der Waals surface area contributed by atoms with Crippen molar-refractivity contribution >= 4 is 50.2 Å². The van der Waals surface area contributed by atoms with Gasteiger partial charge in [-0.25, -0.2) is 8.42 Å². The molecule has 0 aromatic carbocycles. The second-order valence-corrected chi connectivity index (χ2v) is 8.85. The minimum atomic E-state index is -3.46. The SMILES string of the molecule is O=C(CS(=O)(=O)C1CCOCC1)c1cc(Cl)sc1Cl. The molecule has 0 aliphatic carbocycles. The largest absolute Gasteiger partial charge is 0.381 e. The molecule has 0 bridgehead atoms. The van der Waals surface area contributed by atoms with Crippen molar-refractivity contribution in [3.63, 3.8) is 0 Å². The summed E-state index contributed by atoms with van der Waals surface area (Å²) in [5.41, 5.74) is 0.187. The Morgan fingerprint density at radius 2 is 2.00 bits per heavy atom. The first-order valence-electron chi connectivity index (χ1n) is 5.67. The van der Waals surface area contributed by atoms with E-state index < -0.39 is 26.6 Å². The highest BCUT2D eigenvalue weighted by molar-refractivity contribution is 7.92. The molecule has 1 aliphatic rings. The van der Waals surface area contributed by atoms with Crippen molar-refractivity contribution in [3.8, 4) is 0 Å². The van der Waals surface area contributed by atoms with Crippen LogP contribution in [0.25, 0.3) is 0 Å². The van der Waals surface area contributed by atoms with Gasteiger partial charge in [0.05, 0.1) is 9.59 Å². The Labute approximate surface area is 125 Å². The van der Waals surface area contributed by atoms with Crippen molar-refractivity contribution in [1.82, 2.24) is 0 Å². The van der Waals surface area contributed by atoms with E-state index in [0.717, 1.165) is 11.3 Å². The summed E-state index contributed by atoms with van der Waals surface area (Å²) >= 11 is 12.7. The summed E-state index contributed by atoms with van der Waals surface area (Å²) in [7, 11) is -3.46. The summed E-state index contributed by atoms with van der Waals surface area (Å²) in [4.78, 5) is 12.0. The zero-order valence-corrected chi connectivity index (χ0v) is 13.0. The normalized spacial score (nSPS) is 17.6. The number of sulfone groups is 1. The summed E-state index contributed by atoms with van der Waals surface area (Å²) in [5.74, 6) is -1.02. The molecule has 19 heavy (non-hydrogen) atoms. The lowest BCUT2D eigenvalue weighted by Gasteiger charge is -2.21. The number of ketones is 1. The van der Waals surface area contributed by atoms with Crippen LogP contribution in [0, 0.1) is 0 Å². The lowest BCUT2D eigenvalue weighted by Crippen LogP contribution is -2.33. The maximum atomic E-state index is 12.1. The maximum Gasteiger partial charge on any atom is 0.180 e. The number of Topliss-reactive ketones (excluding diaryl/α,β-unsaturated/α-hetero) is 1. The Balaban J connectivity index is 2.11. The fraction of sp³-hybridized carbons (Fsp3) is 0.545. The third kappa shape index (κ3) is 3.70. The molecule has 2 rings (SSSR count). The van der Waals surface area contributed by atoms with E-state index in [-0.39, 0.29) is 9.90 Å². The van der Waals surface area contributed by atoms with E-state index in [0.29, 0.717) is 30.4 Å². The van der Waals surface area contributed by atoms with Crippen molar-refractivity contribution in [2.24, 2.45) is 0 Å². The van der Waals surface area contributed by atoms with Crippen LogP contribution in [-0.2, 0) is 14.6 Å². The van der Waals surface area contributed by atoms with Gasteiger partial charge in [-0.05, 0) is 18.9 Å². The first kappa shape index (κ1) is 15.3. The first-order chi connectivity index (χ1) is 8.90. The molecule has 1 aliphatic heterocycles. The van der Waals surface area contributed by atoms with Crippen molar-refractivity contribution in [3.05, 3.63) is 20.3 Å². The second-order valence-electron chi connectivity index (χ2n) is 4.28. The van der Waals surface area contributed by atoms with E-state index in [9.17, 15) is 13.2 Å². The van der Waals surface area contributed by atoms with Gasteiger partial charge in [0.2, 0.25) is 0 Å². The smallest absolute Gasteiger partial charge is 0.180 e. The molecule has 0 spiro atoms. The van der Waals surface area contributed by atoms with Crippen LogP contribution < -0.4 is 0 Å². The van der Waals surface area contributed by atoms with E-state index in [1.54, 1.807) is 0 Å². The number of ether oxygens (including phenoxy) is 1. The van der Waals surface area contributed by atoms with Gasteiger partial charge < -0.3 is 4.74 Å². The molecule has 0 N–H and O–H groups in total. The summed E-state index contributed by atoms with van der Waals surface area (Å²) in [6.07, 6.45) is 0.876. The Hall–Kier alpha value is -0.140. The molecular formula is C11H12Cl2O4S2. The minimum absolute atomic E-state index is 0.187. The standard InChI is InChI=1S/C11H12Cl2O4S2/c12-10-5-8(11(13)18-10)9(14)6-19(15,16)7-1-3-17-4-2-7/h5,7H,1-4,6H2. The molecule has 1 aromatic heterocycles. The second kappa shape index (κ2) is 6.10. The monoisotopic (exact) mass is 342 g/mol. The Bertz CT molecular complexity index is 574. The van der Waals surface area contributed by atoms with Crippen LogP contribution in [0.4, 0.5) is 0 Å². The predicted octanol–water partition coefficient (Wildman–Crippen LogP) is 2.83. The Morgan fingerprint density at radius 3 is 2.53 bits per heavy atom. The minimum Gasteiger partial charge on any atom is -0.381 e. The molecule has 0 atom stereocenters. The lowest BCUT2D eigenvalue weighted by atomic mass is 10.2. The molecule has 2 heterocycles. The summed E-state index contributed by atoms with van der Waals surface area (Å²) < 4.78 is 30.0. The van der Waals surface area contributed by atoms with Gasteiger partial charge in [0, 0.05) is 18.8 Å². The van der Waals surface area contributed by atoms with Gasteiger partial charge in [-0.1, -0.05) is 23.2 Å². The molecule has 0 saturated carbocycles. The fourth-order valence-corrected chi connectivity index (χ4v) is 5.11. The number of halogens is 2. The van der Waals surface area contributed by atoms with Crippen LogP contribution in [0.3, 0.4) is 0 Å². The van der Waals surface area contributed by atoms with Gasteiger partial charge in [-0.15, -0.1) is 11.3 Å². The zero-order chi connectivity index (χ0) is 14.0. The highest BCUT2D eigenvalue weighted by Gasteiger charge is 2.31. The average molecular weight is 343 g/mol. The number of carbonyl (C=O) groups excluding carboxylic acids is 1. The fourth-order valence-electron chi connectivity index (χ4n) is 1.94. The molecule has 0 unspecified atom stereocenters. The molecular weight excluding hydrogens is 331 g/mol. The van der Waals surface area contributed by atoms with Gasteiger partial charge in [-0.3, -0.25) is 4.79 Å². The van der Waals surface area contributed by atoms with Crippen LogP contribution >= 0.6 is 34.5 Å². The molecule has 4 nitrogen and oxygen atoms in total. The first-order valence-corrected chi connectivity index (χ1v) is 8.96. The molecule has 106 valence electrons. The average Bonchev–Trinajstić information content (AvgIpc) is 2.69. The van der Waals surface area contributed by atoms with Crippen molar-refractivity contribution < 1.29 is 17.9 Å². The van der Waals surface area contributed by atoms with Crippen molar-refractivity contribution in [2.75, 3.05) is 19.0 Å². The number of hydrogen-bond acceptors (Lipinski definition) is 5. The lowest BCUT2D eigenvalue weighted by molar-refractivity contribution is 0.0971. The van der Waals surface area contributed by atoms with Crippen molar-refractivity contribution in [1.29, 1.82) is 0 Å². The molecule has 8 heteroatoms. The topological polar surface area (TPSA) is 60.4 Å². The predicted molar refractivity (Wildman–Crippen MR) is 76.3 cm³/mol. The van der Waals surface area contributed by atoms with Gasteiger partial charge >= 0.3 is 0 Å². The van der Waals surface area contributed by atoms with E-state index >= 15 is 0 Å². The van der Waals surface area contributed by atoms with Crippen LogP contribution in [-0.4, -0.2) is 38.4 Å². The third-order valence-corrected chi connectivity index (χ3v) is 6.60. The number of hydrogen-bond donors (Lipinski definition) is 0. The number of carbonyl (C=O) groups is 1. The van der Waals surface area contributed by atoms with E-state index in [1.807, 2.05) is 0 Å². The van der Waals surface area contributed by atoms with Crippen LogP contribution in [0.5, 0.6) is 0 Å². The molecule has 0 amide bonds. The summed E-state index contributed by atoms with van der Waals surface area (Å²) in [6, 6.07) is 1.41. The Morgan fingerprint density at radius 1 is 1.37 bits per heavy atom. The van der Waals surface area contributed by atoms with Gasteiger partial charge in [0.15, 0.2) is 15.6 Å². The molecule has 1 aromatic rings. The quantitative estimate of drug-likeness (QED) is 0.789. The highest BCUT2D eigenvalue weighted by Crippen LogP contribution is 2.32. The van der Waals surface area contributed by atoms with E-state index in [2.05, 4.69) is 0 Å². The van der Waals surface area contributed by atoms with E-state index in [4.69, 9.17) is 27.9 Å². The van der Waals surface area contributed by atoms with Crippen LogP contribution in [0.2, 0.25) is 8.67 Å². The molecule has 1 fully saturated rings. The summed E-state index contributed by atoms with van der Waals surface area (Å²) in [5, 5.41) is -0.502. The van der Waals surface area contributed by atoms with Crippen LogP contribution in [0.1, 0.15) is 23.2 Å². The Kier molecular flexibility index (Phi) is 4.89. The van der Waals surface area contributed by atoms with E-state index in [1.165, 1.54) is 6.07 Å². The number of thiophene rings is 1. The number of rotatable bonds is 4. The van der Waals surface area contributed by atoms with Gasteiger partial charge in [0.25, 0.3) is 0 Å².